The van der Waals surface area contributed by atoms with Crippen LogP contribution in [0, 0.1) is 11.8 Å². The average molecular weight is 156 g/mol. The van der Waals surface area contributed by atoms with Gasteiger partial charge >= 0.3 is 0 Å². The van der Waals surface area contributed by atoms with Crippen molar-refractivity contribution in [2.24, 2.45) is 11.8 Å². The summed E-state index contributed by atoms with van der Waals surface area (Å²) in [5.74, 6) is 1.89. The molecule has 68 valence electrons. The van der Waals surface area contributed by atoms with Gasteiger partial charge in [0.15, 0.2) is 0 Å². The highest BCUT2D eigenvalue weighted by atomic mass is 14.1. The Balaban J connectivity index is 3.35. The van der Waals surface area contributed by atoms with E-state index in [1.165, 1.54) is 32.1 Å². The van der Waals surface area contributed by atoms with Crippen molar-refractivity contribution in [1.82, 2.24) is 0 Å². The summed E-state index contributed by atoms with van der Waals surface area (Å²) < 4.78 is 0. The van der Waals surface area contributed by atoms with E-state index in [1.807, 2.05) is 0 Å². The van der Waals surface area contributed by atoms with Crippen LogP contribution in [-0.2, 0) is 0 Å². The minimum atomic E-state index is 0.890. The van der Waals surface area contributed by atoms with Crippen LogP contribution >= 0.6 is 0 Å². The molecule has 0 unspecified atom stereocenters. The first kappa shape index (κ1) is 11.0. The Morgan fingerprint density at radius 1 is 0.909 bits per heavy atom. The Labute approximate surface area is 72.4 Å². The van der Waals surface area contributed by atoms with Gasteiger partial charge in [-0.05, 0) is 11.8 Å². The summed E-state index contributed by atoms with van der Waals surface area (Å²) in [6.07, 6.45) is 7.03. The van der Waals surface area contributed by atoms with Gasteiger partial charge in [-0.15, -0.1) is 0 Å². The van der Waals surface area contributed by atoms with Gasteiger partial charge < -0.3 is 0 Å². The Hall–Kier alpha value is 0. The molecular formula is C11H24. The molecule has 0 aliphatic carbocycles. The first-order valence-corrected chi connectivity index (χ1v) is 5.20. The molecule has 0 fully saturated rings. The zero-order valence-electron chi connectivity index (χ0n) is 8.69. The largest absolute Gasteiger partial charge is 0.0654 e. The fourth-order valence-electron chi connectivity index (χ4n) is 1.53. The molecule has 0 rings (SSSR count). The van der Waals surface area contributed by atoms with Gasteiger partial charge in [-0.25, -0.2) is 0 Å². The lowest BCUT2D eigenvalue weighted by Gasteiger charge is -2.14. The van der Waals surface area contributed by atoms with Crippen molar-refractivity contribution in [3.05, 3.63) is 0 Å². The first-order valence-electron chi connectivity index (χ1n) is 5.20. The molecule has 0 saturated carbocycles. The normalized spacial score (nSPS) is 13.9. The lowest BCUT2D eigenvalue weighted by atomic mass is 9.92. The van der Waals surface area contributed by atoms with Gasteiger partial charge in [0.05, 0.1) is 0 Å². The first-order chi connectivity index (χ1) is 5.20. The quantitative estimate of drug-likeness (QED) is 0.539. The Bertz CT molecular complexity index is 74.1. The molecule has 0 aromatic rings. The molecule has 0 aliphatic heterocycles. The summed E-state index contributed by atoms with van der Waals surface area (Å²) in [6.45, 7) is 9.25. The van der Waals surface area contributed by atoms with Crippen LogP contribution in [0.2, 0.25) is 0 Å². The van der Waals surface area contributed by atoms with Crippen LogP contribution in [0.15, 0.2) is 0 Å². The van der Waals surface area contributed by atoms with Crippen molar-refractivity contribution in [3.8, 4) is 0 Å². The van der Waals surface area contributed by atoms with E-state index in [0.717, 1.165) is 11.8 Å². The van der Waals surface area contributed by atoms with Crippen molar-refractivity contribution in [2.75, 3.05) is 0 Å². The third-order valence-electron chi connectivity index (χ3n) is 2.43. The third-order valence-corrected chi connectivity index (χ3v) is 2.43. The highest BCUT2D eigenvalue weighted by molar-refractivity contribution is 4.58. The average Bonchev–Trinajstić information content (AvgIpc) is 1.97. The van der Waals surface area contributed by atoms with Crippen LogP contribution in [0.5, 0.6) is 0 Å². The maximum atomic E-state index is 2.32. The molecule has 0 spiro atoms. The van der Waals surface area contributed by atoms with Crippen molar-refractivity contribution in [3.63, 3.8) is 0 Å². The fraction of sp³-hybridized carbons (Fsp3) is 1.00. The molecule has 0 aliphatic rings. The van der Waals surface area contributed by atoms with E-state index in [4.69, 9.17) is 0 Å². The fourth-order valence-corrected chi connectivity index (χ4v) is 1.53. The standard InChI is InChI=1S/C11H24/c1-5-7-11(6-2)9-8-10(3)4/h10-11H,5-9H2,1-4H3/t11-/m0/s1. The summed E-state index contributed by atoms with van der Waals surface area (Å²) in [5.41, 5.74) is 0. The van der Waals surface area contributed by atoms with Gasteiger partial charge in [-0.2, -0.15) is 0 Å². The predicted octanol–water partition coefficient (Wildman–Crippen LogP) is 4.25. The molecule has 0 bridgehead atoms. The van der Waals surface area contributed by atoms with Gasteiger partial charge in [0, 0.05) is 0 Å². The summed E-state index contributed by atoms with van der Waals surface area (Å²) >= 11 is 0. The summed E-state index contributed by atoms with van der Waals surface area (Å²) in [7, 11) is 0. The molecule has 1 atom stereocenters. The molecule has 0 heteroatoms. The van der Waals surface area contributed by atoms with Crippen LogP contribution in [-0.4, -0.2) is 0 Å². The minimum Gasteiger partial charge on any atom is -0.0654 e. The lowest BCUT2D eigenvalue weighted by molar-refractivity contribution is 0.387. The Kier molecular flexibility index (Phi) is 6.69. The van der Waals surface area contributed by atoms with Crippen LogP contribution in [0.3, 0.4) is 0 Å². The zero-order chi connectivity index (χ0) is 8.69. The third kappa shape index (κ3) is 6.40. The second kappa shape index (κ2) is 6.69. The van der Waals surface area contributed by atoms with Crippen molar-refractivity contribution >= 4 is 0 Å². The molecule has 0 aromatic heterocycles. The molecule has 0 aromatic carbocycles. The summed E-state index contributed by atoms with van der Waals surface area (Å²) in [5, 5.41) is 0. The van der Waals surface area contributed by atoms with E-state index in [2.05, 4.69) is 27.7 Å². The molecule has 0 N–H and O–H groups in total. The maximum Gasteiger partial charge on any atom is -0.0417 e. The monoisotopic (exact) mass is 156 g/mol. The molecule has 0 heterocycles. The van der Waals surface area contributed by atoms with Crippen molar-refractivity contribution < 1.29 is 0 Å². The van der Waals surface area contributed by atoms with E-state index in [9.17, 15) is 0 Å². The van der Waals surface area contributed by atoms with Gasteiger partial charge in [0.25, 0.3) is 0 Å². The van der Waals surface area contributed by atoms with Gasteiger partial charge in [-0.1, -0.05) is 59.8 Å². The number of hydrogen-bond acceptors (Lipinski definition) is 0. The van der Waals surface area contributed by atoms with Gasteiger partial charge in [0.2, 0.25) is 0 Å². The molecule has 0 saturated heterocycles. The zero-order valence-corrected chi connectivity index (χ0v) is 8.69. The highest BCUT2D eigenvalue weighted by Gasteiger charge is 2.05. The van der Waals surface area contributed by atoms with Gasteiger partial charge in [-0.3, -0.25) is 0 Å². The Morgan fingerprint density at radius 3 is 1.91 bits per heavy atom. The van der Waals surface area contributed by atoms with E-state index in [1.54, 1.807) is 0 Å². The molecule has 0 radical (unpaired) electrons. The highest BCUT2D eigenvalue weighted by Crippen LogP contribution is 2.19. The summed E-state index contributed by atoms with van der Waals surface area (Å²) in [6, 6.07) is 0. The van der Waals surface area contributed by atoms with E-state index < -0.39 is 0 Å². The van der Waals surface area contributed by atoms with Crippen molar-refractivity contribution in [2.45, 2.75) is 59.8 Å². The molecular weight excluding hydrogens is 132 g/mol. The smallest absolute Gasteiger partial charge is 0.0417 e. The Morgan fingerprint density at radius 2 is 1.55 bits per heavy atom. The van der Waals surface area contributed by atoms with Gasteiger partial charge in [0.1, 0.15) is 0 Å². The minimum absolute atomic E-state index is 0.890. The topological polar surface area (TPSA) is 0 Å². The second-order valence-electron chi connectivity index (χ2n) is 4.03. The predicted molar refractivity (Wildman–Crippen MR) is 52.8 cm³/mol. The molecule has 11 heavy (non-hydrogen) atoms. The molecule has 0 nitrogen and oxygen atoms in total. The maximum absolute atomic E-state index is 2.32. The van der Waals surface area contributed by atoms with Crippen LogP contribution in [0.25, 0.3) is 0 Å². The SMILES string of the molecule is CCC[C@H](CC)CCC(C)C. The number of rotatable bonds is 6. The van der Waals surface area contributed by atoms with Crippen LogP contribution in [0.1, 0.15) is 59.8 Å². The summed E-state index contributed by atoms with van der Waals surface area (Å²) in [4.78, 5) is 0. The van der Waals surface area contributed by atoms with E-state index in [-0.39, 0.29) is 0 Å². The van der Waals surface area contributed by atoms with Crippen LogP contribution in [0.4, 0.5) is 0 Å². The van der Waals surface area contributed by atoms with Crippen molar-refractivity contribution in [1.29, 1.82) is 0 Å². The second-order valence-corrected chi connectivity index (χ2v) is 4.03. The molecule has 0 amide bonds. The van der Waals surface area contributed by atoms with Crippen LogP contribution < -0.4 is 0 Å². The lowest BCUT2D eigenvalue weighted by Crippen LogP contribution is -2.00. The van der Waals surface area contributed by atoms with E-state index in [0.29, 0.717) is 0 Å². The number of hydrogen-bond donors (Lipinski definition) is 0. The van der Waals surface area contributed by atoms with E-state index >= 15 is 0 Å².